The second kappa shape index (κ2) is 8.57. The number of hydrogen-bond donors (Lipinski definition) is 1. The number of sulfonamides is 1. The van der Waals surface area contributed by atoms with Crippen molar-refractivity contribution in [1.82, 2.24) is 4.31 Å². The molecule has 6 nitrogen and oxygen atoms in total. The number of anilines is 1. The SMILES string of the molecule is COc1ccc(S(=O)(=O)N(C)C)cc1NC(=O)[C@H](C)Sc1ccccc1. The van der Waals surface area contributed by atoms with Gasteiger partial charge in [-0.25, -0.2) is 12.7 Å². The number of methoxy groups -OCH3 is 1. The highest BCUT2D eigenvalue weighted by Crippen LogP contribution is 2.30. The Kier molecular flexibility index (Phi) is 6.69. The minimum Gasteiger partial charge on any atom is -0.495 e. The molecule has 0 bridgehead atoms. The zero-order valence-electron chi connectivity index (χ0n) is 15.1. The van der Waals surface area contributed by atoms with Gasteiger partial charge in [0.05, 0.1) is 22.9 Å². The molecular weight excluding hydrogens is 372 g/mol. The van der Waals surface area contributed by atoms with Gasteiger partial charge in [0.25, 0.3) is 0 Å². The van der Waals surface area contributed by atoms with Crippen molar-refractivity contribution < 1.29 is 17.9 Å². The van der Waals surface area contributed by atoms with Crippen LogP contribution in [0.3, 0.4) is 0 Å². The van der Waals surface area contributed by atoms with E-state index in [2.05, 4.69) is 5.32 Å². The standard InChI is InChI=1S/C18H22N2O4S2/c1-13(25-14-8-6-5-7-9-14)18(21)19-16-12-15(10-11-17(16)24-4)26(22,23)20(2)3/h5-13H,1-4H3,(H,19,21)/t13-/m0/s1. The molecule has 2 aromatic rings. The van der Waals surface area contributed by atoms with Gasteiger partial charge in [0.2, 0.25) is 15.9 Å². The molecule has 0 heterocycles. The highest BCUT2D eigenvalue weighted by molar-refractivity contribution is 8.00. The molecule has 1 atom stereocenters. The summed E-state index contributed by atoms with van der Waals surface area (Å²) in [5.74, 6) is 0.157. The van der Waals surface area contributed by atoms with Crippen LogP contribution >= 0.6 is 11.8 Å². The van der Waals surface area contributed by atoms with E-state index < -0.39 is 10.0 Å². The topological polar surface area (TPSA) is 75.7 Å². The van der Waals surface area contributed by atoms with Crippen molar-refractivity contribution >= 4 is 33.4 Å². The Balaban J connectivity index is 2.23. The van der Waals surface area contributed by atoms with E-state index in [9.17, 15) is 13.2 Å². The van der Waals surface area contributed by atoms with Gasteiger partial charge >= 0.3 is 0 Å². The zero-order valence-corrected chi connectivity index (χ0v) is 16.7. The molecule has 0 spiro atoms. The number of amides is 1. The van der Waals surface area contributed by atoms with Crippen LogP contribution < -0.4 is 10.1 Å². The fraction of sp³-hybridized carbons (Fsp3) is 0.278. The van der Waals surface area contributed by atoms with Gasteiger partial charge in [-0.1, -0.05) is 18.2 Å². The van der Waals surface area contributed by atoms with Gasteiger partial charge in [-0.15, -0.1) is 11.8 Å². The summed E-state index contributed by atoms with van der Waals surface area (Å²) in [6.07, 6.45) is 0. The monoisotopic (exact) mass is 394 g/mol. The van der Waals surface area contributed by atoms with Crippen LogP contribution in [0, 0.1) is 0 Å². The Morgan fingerprint density at radius 1 is 1.15 bits per heavy atom. The minimum atomic E-state index is -3.61. The Hall–Kier alpha value is -2.03. The number of nitrogens with zero attached hydrogens (tertiary/aromatic N) is 1. The van der Waals surface area contributed by atoms with E-state index >= 15 is 0 Å². The third kappa shape index (κ3) is 4.78. The number of thioether (sulfide) groups is 1. The Labute approximate surface area is 158 Å². The quantitative estimate of drug-likeness (QED) is 0.731. The van der Waals surface area contributed by atoms with Crippen LogP contribution in [0.15, 0.2) is 58.3 Å². The van der Waals surface area contributed by atoms with Crippen LogP contribution in [0.1, 0.15) is 6.92 Å². The molecule has 2 rings (SSSR count). The number of rotatable bonds is 7. The predicted molar refractivity (Wildman–Crippen MR) is 104 cm³/mol. The summed E-state index contributed by atoms with van der Waals surface area (Å²) in [6, 6.07) is 14.0. The summed E-state index contributed by atoms with van der Waals surface area (Å²) >= 11 is 1.42. The van der Waals surface area contributed by atoms with Crippen LogP contribution in [0.25, 0.3) is 0 Å². The summed E-state index contributed by atoms with van der Waals surface area (Å²) in [5.41, 5.74) is 0.320. The first-order valence-electron chi connectivity index (χ1n) is 7.89. The van der Waals surface area contributed by atoms with Crippen molar-refractivity contribution in [1.29, 1.82) is 0 Å². The predicted octanol–water partition coefficient (Wildman–Crippen LogP) is 3.06. The molecule has 0 aliphatic heterocycles. The Bertz CT molecular complexity index is 868. The first kappa shape index (κ1) is 20.3. The van der Waals surface area contributed by atoms with Crippen LogP contribution in [0.5, 0.6) is 5.75 Å². The third-order valence-corrected chi connectivity index (χ3v) is 6.56. The molecule has 0 saturated heterocycles. The lowest BCUT2D eigenvalue weighted by Crippen LogP contribution is -2.24. The maximum atomic E-state index is 12.5. The van der Waals surface area contributed by atoms with E-state index in [1.807, 2.05) is 30.3 Å². The lowest BCUT2D eigenvalue weighted by molar-refractivity contribution is -0.115. The fourth-order valence-corrected chi connectivity index (χ4v) is 3.96. The van der Waals surface area contributed by atoms with Gasteiger partial charge in [-0.2, -0.15) is 0 Å². The molecule has 0 unspecified atom stereocenters. The van der Waals surface area contributed by atoms with Crippen molar-refractivity contribution in [3.63, 3.8) is 0 Å². The highest BCUT2D eigenvalue weighted by atomic mass is 32.2. The molecule has 0 aliphatic rings. The molecule has 1 amide bonds. The fourth-order valence-electron chi connectivity index (χ4n) is 2.15. The first-order chi connectivity index (χ1) is 12.3. The highest BCUT2D eigenvalue weighted by Gasteiger charge is 2.21. The Morgan fingerprint density at radius 3 is 2.38 bits per heavy atom. The smallest absolute Gasteiger partial charge is 0.242 e. The first-order valence-corrected chi connectivity index (χ1v) is 10.2. The van der Waals surface area contributed by atoms with Crippen molar-refractivity contribution in [3.05, 3.63) is 48.5 Å². The van der Waals surface area contributed by atoms with E-state index in [4.69, 9.17) is 4.74 Å². The lowest BCUT2D eigenvalue weighted by atomic mass is 10.3. The number of nitrogens with one attached hydrogen (secondary N) is 1. The van der Waals surface area contributed by atoms with E-state index in [0.717, 1.165) is 9.20 Å². The average molecular weight is 395 g/mol. The molecule has 0 radical (unpaired) electrons. The van der Waals surface area contributed by atoms with E-state index in [-0.39, 0.29) is 16.1 Å². The molecule has 0 aromatic heterocycles. The maximum absolute atomic E-state index is 12.5. The van der Waals surface area contributed by atoms with Crippen molar-refractivity contribution in [3.8, 4) is 5.75 Å². The minimum absolute atomic E-state index is 0.0852. The summed E-state index contributed by atoms with van der Waals surface area (Å²) in [7, 11) is 0.767. The molecule has 8 heteroatoms. The third-order valence-electron chi connectivity index (χ3n) is 3.63. The number of ether oxygens (including phenoxy) is 1. The maximum Gasteiger partial charge on any atom is 0.242 e. The van der Waals surface area contributed by atoms with Gasteiger partial charge in [0.15, 0.2) is 0 Å². The largest absolute Gasteiger partial charge is 0.495 e. The van der Waals surface area contributed by atoms with Crippen LogP contribution in [-0.2, 0) is 14.8 Å². The molecule has 140 valence electrons. The van der Waals surface area contributed by atoms with E-state index in [1.54, 1.807) is 6.92 Å². The molecular formula is C18H22N2O4S2. The van der Waals surface area contributed by atoms with E-state index in [0.29, 0.717) is 11.4 Å². The number of carbonyl (C=O) groups excluding carboxylic acids is 1. The van der Waals surface area contributed by atoms with Crippen molar-refractivity contribution in [2.45, 2.75) is 22.0 Å². The van der Waals surface area contributed by atoms with E-state index in [1.165, 1.54) is 51.2 Å². The number of hydrogen-bond acceptors (Lipinski definition) is 5. The average Bonchev–Trinajstić information content (AvgIpc) is 2.62. The summed E-state index contributed by atoms with van der Waals surface area (Å²) < 4.78 is 31.0. The summed E-state index contributed by atoms with van der Waals surface area (Å²) in [5, 5.41) is 2.40. The molecule has 26 heavy (non-hydrogen) atoms. The van der Waals surface area contributed by atoms with Gasteiger partial charge in [0.1, 0.15) is 5.75 Å². The van der Waals surface area contributed by atoms with Gasteiger partial charge in [0, 0.05) is 19.0 Å². The molecule has 0 aliphatic carbocycles. The lowest BCUT2D eigenvalue weighted by Gasteiger charge is -2.17. The molecule has 1 N–H and O–H groups in total. The van der Waals surface area contributed by atoms with Crippen LogP contribution in [0.4, 0.5) is 5.69 Å². The zero-order chi connectivity index (χ0) is 19.3. The van der Waals surface area contributed by atoms with Crippen molar-refractivity contribution in [2.75, 3.05) is 26.5 Å². The van der Waals surface area contributed by atoms with Gasteiger partial charge < -0.3 is 10.1 Å². The number of benzene rings is 2. The molecule has 0 fully saturated rings. The van der Waals surface area contributed by atoms with Gasteiger partial charge in [-0.3, -0.25) is 4.79 Å². The summed E-state index contributed by atoms with van der Waals surface area (Å²) in [6.45, 7) is 1.79. The van der Waals surface area contributed by atoms with Crippen molar-refractivity contribution in [2.24, 2.45) is 0 Å². The van der Waals surface area contributed by atoms with Crippen LogP contribution in [0.2, 0.25) is 0 Å². The normalized spacial score (nSPS) is 12.7. The number of carbonyl (C=O) groups is 1. The molecule has 2 aromatic carbocycles. The Morgan fingerprint density at radius 2 is 1.81 bits per heavy atom. The molecule has 0 saturated carbocycles. The summed E-state index contributed by atoms with van der Waals surface area (Å²) in [4.78, 5) is 13.6. The second-order valence-corrected chi connectivity index (χ2v) is 9.28. The van der Waals surface area contributed by atoms with Gasteiger partial charge in [-0.05, 0) is 37.3 Å². The second-order valence-electron chi connectivity index (χ2n) is 5.71. The van der Waals surface area contributed by atoms with Crippen LogP contribution in [-0.4, -0.2) is 45.1 Å².